The number of likely N-dealkylation sites (tertiary alicyclic amines) is 1. The number of nitrogens with zero attached hydrogens (tertiary/aromatic N) is 5. The molecule has 2 aromatic rings. The van der Waals surface area contributed by atoms with Crippen molar-refractivity contribution in [1.82, 2.24) is 24.6 Å². The molecule has 0 aromatic carbocycles. The van der Waals surface area contributed by atoms with Gasteiger partial charge in [-0.05, 0) is 31.4 Å². The fourth-order valence-electron chi connectivity index (χ4n) is 3.65. The minimum Gasteiger partial charge on any atom is -0.373 e. The molecule has 4 rings (SSSR count). The fraction of sp³-hybridized carbons (Fsp3) is 0.529. The third-order valence-corrected chi connectivity index (χ3v) is 5.00. The number of aryl methyl sites for hydroxylation is 1. The molecule has 0 radical (unpaired) electrons. The molecule has 1 spiro atoms. The van der Waals surface area contributed by atoms with Gasteiger partial charge in [0.1, 0.15) is 5.69 Å². The standard InChI is InChI=1S/C17H22N6O2/c1-22-8-3-14(21-22)15(24)23-9-4-17(5-10-23)11-13(12-25-17)20-16-18-6-2-7-19-16/h2-3,6-8,13H,4-5,9-12H2,1H3,(H,18,19,20). The van der Waals surface area contributed by atoms with Crippen molar-refractivity contribution in [2.24, 2.45) is 7.05 Å². The molecule has 8 heteroatoms. The Labute approximate surface area is 146 Å². The molecule has 1 unspecified atom stereocenters. The molecule has 0 saturated carbocycles. The van der Waals surface area contributed by atoms with E-state index in [-0.39, 0.29) is 17.6 Å². The minimum absolute atomic E-state index is 0.000748. The molecule has 132 valence electrons. The highest BCUT2D eigenvalue weighted by Crippen LogP contribution is 2.36. The van der Waals surface area contributed by atoms with Crippen LogP contribution in [0.1, 0.15) is 29.8 Å². The van der Waals surface area contributed by atoms with E-state index >= 15 is 0 Å². The second-order valence-corrected chi connectivity index (χ2v) is 6.78. The summed E-state index contributed by atoms with van der Waals surface area (Å²) in [6, 6.07) is 3.77. The maximum absolute atomic E-state index is 12.5. The van der Waals surface area contributed by atoms with Crippen LogP contribution in [0.4, 0.5) is 5.95 Å². The first-order valence-corrected chi connectivity index (χ1v) is 8.60. The van der Waals surface area contributed by atoms with E-state index in [1.165, 1.54) is 0 Å². The largest absolute Gasteiger partial charge is 0.373 e. The van der Waals surface area contributed by atoms with Crippen LogP contribution >= 0.6 is 0 Å². The lowest BCUT2D eigenvalue weighted by atomic mass is 9.87. The van der Waals surface area contributed by atoms with Gasteiger partial charge >= 0.3 is 0 Å². The van der Waals surface area contributed by atoms with E-state index in [2.05, 4.69) is 20.4 Å². The summed E-state index contributed by atoms with van der Waals surface area (Å²) in [5, 5.41) is 7.54. The molecule has 1 N–H and O–H groups in total. The van der Waals surface area contributed by atoms with Crippen LogP contribution in [0.5, 0.6) is 0 Å². The van der Waals surface area contributed by atoms with Crippen molar-refractivity contribution in [2.75, 3.05) is 25.0 Å². The summed E-state index contributed by atoms with van der Waals surface area (Å²) < 4.78 is 7.78. The molecule has 2 fully saturated rings. The van der Waals surface area contributed by atoms with E-state index in [9.17, 15) is 4.79 Å². The first-order chi connectivity index (χ1) is 12.1. The third kappa shape index (κ3) is 3.34. The highest BCUT2D eigenvalue weighted by molar-refractivity contribution is 5.92. The number of rotatable bonds is 3. The first-order valence-electron chi connectivity index (χ1n) is 8.60. The summed E-state index contributed by atoms with van der Waals surface area (Å²) >= 11 is 0. The Hall–Kier alpha value is -2.48. The van der Waals surface area contributed by atoms with Crippen LogP contribution in [0.2, 0.25) is 0 Å². The molecule has 2 saturated heterocycles. The van der Waals surface area contributed by atoms with Crippen LogP contribution < -0.4 is 5.32 Å². The van der Waals surface area contributed by atoms with Gasteiger partial charge in [0.05, 0.1) is 18.2 Å². The molecule has 0 aliphatic carbocycles. The van der Waals surface area contributed by atoms with Crippen molar-refractivity contribution < 1.29 is 9.53 Å². The maximum atomic E-state index is 12.5. The number of hydrogen-bond donors (Lipinski definition) is 1. The van der Waals surface area contributed by atoms with Gasteiger partial charge in [-0.2, -0.15) is 5.10 Å². The normalized spacial score (nSPS) is 22.3. The molecule has 2 aliphatic rings. The van der Waals surface area contributed by atoms with Crippen molar-refractivity contribution >= 4 is 11.9 Å². The fourth-order valence-corrected chi connectivity index (χ4v) is 3.65. The quantitative estimate of drug-likeness (QED) is 0.899. The molecule has 8 nitrogen and oxygen atoms in total. The van der Waals surface area contributed by atoms with Crippen LogP contribution in [0.15, 0.2) is 30.7 Å². The number of piperidine rings is 1. The Morgan fingerprint density at radius 2 is 2.08 bits per heavy atom. The Morgan fingerprint density at radius 3 is 2.76 bits per heavy atom. The van der Waals surface area contributed by atoms with Crippen molar-refractivity contribution in [3.05, 3.63) is 36.4 Å². The number of carbonyl (C=O) groups is 1. The van der Waals surface area contributed by atoms with Crippen LogP contribution in [0.25, 0.3) is 0 Å². The van der Waals surface area contributed by atoms with Crippen LogP contribution in [-0.4, -0.2) is 61.9 Å². The molecule has 0 bridgehead atoms. The summed E-state index contributed by atoms with van der Waals surface area (Å²) in [6.07, 6.45) is 7.85. The van der Waals surface area contributed by atoms with Gasteiger partial charge in [-0.3, -0.25) is 9.48 Å². The number of nitrogens with one attached hydrogen (secondary N) is 1. The monoisotopic (exact) mass is 342 g/mol. The number of aromatic nitrogens is 4. The molecule has 1 atom stereocenters. The van der Waals surface area contributed by atoms with E-state index < -0.39 is 0 Å². The summed E-state index contributed by atoms with van der Waals surface area (Å²) in [6.45, 7) is 2.04. The predicted octanol–water partition coefficient (Wildman–Crippen LogP) is 1.09. The predicted molar refractivity (Wildman–Crippen MR) is 91.1 cm³/mol. The molecular formula is C17H22N6O2. The van der Waals surface area contributed by atoms with Crippen LogP contribution in [0.3, 0.4) is 0 Å². The van der Waals surface area contributed by atoms with Crippen LogP contribution in [0, 0.1) is 0 Å². The topological polar surface area (TPSA) is 85.2 Å². The van der Waals surface area contributed by atoms with Gasteiger partial charge in [0.25, 0.3) is 5.91 Å². The van der Waals surface area contributed by atoms with Crippen molar-refractivity contribution in [3.8, 4) is 0 Å². The Bertz CT molecular complexity index is 739. The number of anilines is 1. The van der Waals surface area contributed by atoms with E-state index in [4.69, 9.17) is 4.74 Å². The lowest BCUT2D eigenvalue weighted by Gasteiger charge is -2.38. The van der Waals surface area contributed by atoms with Crippen molar-refractivity contribution in [2.45, 2.75) is 30.9 Å². The summed E-state index contributed by atoms with van der Waals surface area (Å²) in [5.41, 5.74) is 0.361. The average Bonchev–Trinajstić information content (AvgIpc) is 3.23. The lowest BCUT2D eigenvalue weighted by molar-refractivity contribution is -0.0389. The second kappa shape index (κ2) is 6.44. The van der Waals surface area contributed by atoms with Crippen molar-refractivity contribution in [1.29, 1.82) is 0 Å². The summed E-state index contributed by atoms with van der Waals surface area (Å²) in [7, 11) is 1.82. The molecule has 25 heavy (non-hydrogen) atoms. The van der Waals surface area contributed by atoms with Crippen LogP contribution in [-0.2, 0) is 11.8 Å². The van der Waals surface area contributed by atoms with Gasteiger partial charge in [-0.1, -0.05) is 0 Å². The third-order valence-electron chi connectivity index (χ3n) is 5.00. The van der Waals surface area contributed by atoms with E-state index in [1.807, 2.05) is 11.9 Å². The number of amides is 1. The Balaban J connectivity index is 1.33. The Kier molecular flexibility index (Phi) is 4.12. The highest BCUT2D eigenvalue weighted by Gasteiger charge is 2.43. The zero-order chi connectivity index (χ0) is 17.3. The Morgan fingerprint density at radius 1 is 1.32 bits per heavy atom. The zero-order valence-electron chi connectivity index (χ0n) is 14.3. The molecule has 1 amide bonds. The van der Waals surface area contributed by atoms with Gasteiger partial charge in [0, 0.05) is 38.7 Å². The summed E-state index contributed by atoms with van der Waals surface area (Å²) in [5.74, 6) is 0.636. The van der Waals surface area contributed by atoms with Crippen molar-refractivity contribution in [3.63, 3.8) is 0 Å². The highest BCUT2D eigenvalue weighted by atomic mass is 16.5. The van der Waals surface area contributed by atoms with E-state index in [0.717, 1.165) is 19.3 Å². The lowest BCUT2D eigenvalue weighted by Crippen LogP contribution is -2.46. The van der Waals surface area contributed by atoms with E-state index in [0.29, 0.717) is 31.3 Å². The SMILES string of the molecule is Cn1ccc(C(=O)N2CCC3(CC2)CC(Nc2ncccn2)CO3)n1. The van der Waals surface area contributed by atoms with Gasteiger partial charge in [0.2, 0.25) is 5.95 Å². The van der Waals surface area contributed by atoms with E-state index in [1.54, 1.807) is 35.4 Å². The number of hydrogen-bond acceptors (Lipinski definition) is 6. The zero-order valence-corrected chi connectivity index (χ0v) is 14.3. The minimum atomic E-state index is -0.145. The average molecular weight is 342 g/mol. The number of carbonyl (C=O) groups excluding carboxylic acids is 1. The van der Waals surface area contributed by atoms with Gasteiger partial charge in [-0.25, -0.2) is 9.97 Å². The van der Waals surface area contributed by atoms with Gasteiger partial charge < -0.3 is 15.0 Å². The first kappa shape index (κ1) is 16.0. The molecular weight excluding hydrogens is 320 g/mol. The van der Waals surface area contributed by atoms with Gasteiger partial charge in [-0.15, -0.1) is 0 Å². The smallest absolute Gasteiger partial charge is 0.274 e. The second-order valence-electron chi connectivity index (χ2n) is 6.78. The van der Waals surface area contributed by atoms with Gasteiger partial charge in [0.15, 0.2) is 0 Å². The summed E-state index contributed by atoms with van der Waals surface area (Å²) in [4.78, 5) is 22.8. The molecule has 4 heterocycles. The number of ether oxygens (including phenoxy) is 1. The molecule has 2 aliphatic heterocycles. The molecule has 2 aromatic heterocycles. The maximum Gasteiger partial charge on any atom is 0.274 e.